The van der Waals surface area contributed by atoms with Crippen molar-refractivity contribution < 1.29 is 39.3 Å². The van der Waals surface area contributed by atoms with Crippen LogP contribution >= 0.6 is 0 Å². The average Bonchev–Trinajstić information content (AvgIpc) is 3.00. The molecule has 3 rings (SSSR count). The number of nitrogens with one attached hydrogen (secondary N) is 3. The first-order valence-corrected chi connectivity index (χ1v) is 14.0. The molecule has 0 saturated heterocycles. The molecule has 0 bridgehead atoms. The van der Waals surface area contributed by atoms with Crippen LogP contribution in [0.5, 0.6) is 5.75 Å². The topological polar surface area (TPSA) is 208 Å². The molecule has 0 spiro atoms. The lowest BCUT2D eigenvalue weighted by atomic mass is 10.0. The zero-order chi connectivity index (χ0) is 32.1. The zero-order valence-corrected chi connectivity index (χ0v) is 23.9. The van der Waals surface area contributed by atoms with Gasteiger partial charge in [-0.05, 0) is 41.7 Å². The number of aliphatic carboxylic acids is 2. The van der Waals surface area contributed by atoms with Crippen molar-refractivity contribution in [1.29, 1.82) is 0 Å². The van der Waals surface area contributed by atoms with Crippen molar-refractivity contribution in [3.63, 3.8) is 0 Å². The van der Waals surface area contributed by atoms with Gasteiger partial charge < -0.3 is 37.0 Å². The highest BCUT2D eigenvalue weighted by atomic mass is 16.4. The monoisotopic (exact) mass is 604 g/mol. The molecule has 12 heteroatoms. The van der Waals surface area contributed by atoms with E-state index in [0.29, 0.717) is 11.1 Å². The second kappa shape index (κ2) is 16.4. The van der Waals surface area contributed by atoms with Crippen molar-refractivity contribution in [1.82, 2.24) is 16.0 Å². The summed E-state index contributed by atoms with van der Waals surface area (Å²) >= 11 is 0. The Morgan fingerprint density at radius 2 is 1.05 bits per heavy atom. The standard InChI is InChI=1S/C32H36N4O8/c33-24(17-20-7-3-1-4-8-20)29(40)35-26(18-22-11-13-23(37)14-12-22)31(42)34-25(15-16-28(38)39)30(41)36-27(32(43)44)19-21-9-5-2-6-10-21/h1-14,24-27,37H,15-19,33H2,(H,34,42)(H,35,40)(H,36,41)(H,38,39)(H,43,44). The minimum atomic E-state index is -1.42. The highest BCUT2D eigenvalue weighted by Gasteiger charge is 2.31. The average molecular weight is 605 g/mol. The molecule has 0 heterocycles. The van der Waals surface area contributed by atoms with Gasteiger partial charge in [-0.1, -0.05) is 72.8 Å². The third kappa shape index (κ3) is 10.9. The normalized spacial score (nSPS) is 13.5. The number of aromatic hydroxyl groups is 1. The fraction of sp³-hybridized carbons (Fsp3) is 0.281. The number of phenols is 1. The molecule has 0 aliphatic heterocycles. The van der Waals surface area contributed by atoms with Gasteiger partial charge in [-0.15, -0.1) is 0 Å². The van der Waals surface area contributed by atoms with Gasteiger partial charge in [0.1, 0.15) is 23.9 Å². The minimum Gasteiger partial charge on any atom is -0.508 e. The molecule has 4 atom stereocenters. The number of nitrogens with two attached hydrogens (primary N) is 1. The van der Waals surface area contributed by atoms with Gasteiger partial charge >= 0.3 is 11.9 Å². The lowest BCUT2D eigenvalue weighted by molar-refractivity contribution is -0.143. The second-order valence-electron chi connectivity index (χ2n) is 10.3. The fourth-order valence-corrected chi connectivity index (χ4v) is 4.45. The molecule has 0 saturated carbocycles. The molecule has 4 unspecified atom stereocenters. The maximum atomic E-state index is 13.5. The van der Waals surface area contributed by atoms with Gasteiger partial charge in [-0.3, -0.25) is 19.2 Å². The predicted octanol–water partition coefficient (Wildman–Crippen LogP) is 1.15. The van der Waals surface area contributed by atoms with Crippen LogP contribution in [0.15, 0.2) is 84.9 Å². The molecule has 12 nitrogen and oxygen atoms in total. The molecule has 0 radical (unpaired) electrons. The van der Waals surface area contributed by atoms with Crippen molar-refractivity contribution in [2.75, 3.05) is 0 Å². The van der Waals surface area contributed by atoms with Gasteiger partial charge in [0.2, 0.25) is 17.7 Å². The van der Waals surface area contributed by atoms with Gasteiger partial charge in [-0.2, -0.15) is 0 Å². The van der Waals surface area contributed by atoms with Crippen LogP contribution < -0.4 is 21.7 Å². The molecule has 0 aliphatic rings. The van der Waals surface area contributed by atoms with Crippen LogP contribution in [0, 0.1) is 0 Å². The predicted molar refractivity (Wildman–Crippen MR) is 160 cm³/mol. The minimum absolute atomic E-state index is 0.00226. The number of carboxylic acids is 2. The number of carbonyl (C=O) groups excluding carboxylic acids is 3. The summed E-state index contributed by atoms with van der Waals surface area (Å²) in [6, 6.07) is 18.6. The molecular formula is C32H36N4O8. The summed E-state index contributed by atoms with van der Waals surface area (Å²) in [7, 11) is 0. The van der Waals surface area contributed by atoms with E-state index in [0.717, 1.165) is 5.56 Å². The van der Waals surface area contributed by atoms with E-state index >= 15 is 0 Å². The van der Waals surface area contributed by atoms with E-state index in [-0.39, 0.29) is 31.4 Å². The largest absolute Gasteiger partial charge is 0.508 e. The lowest BCUT2D eigenvalue weighted by Crippen LogP contribution is -2.58. The molecule has 8 N–H and O–H groups in total. The summed E-state index contributed by atoms with van der Waals surface area (Å²) < 4.78 is 0. The van der Waals surface area contributed by atoms with Gasteiger partial charge in [0.25, 0.3) is 0 Å². The highest BCUT2D eigenvalue weighted by Crippen LogP contribution is 2.13. The molecule has 0 aliphatic carbocycles. The molecule has 44 heavy (non-hydrogen) atoms. The van der Waals surface area contributed by atoms with E-state index < -0.39 is 60.2 Å². The van der Waals surface area contributed by atoms with Crippen molar-refractivity contribution in [3.8, 4) is 5.75 Å². The number of carbonyl (C=O) groups is 5. The zero-order valence-electron chi connectivity index (χ0n) is 23.9. The summed E-state index contributed by atoms with van der Waals surface area (Å²) in [5.41, 5.74) is 8.15. The van der Waals surface area contributed by atoms with Crippen LogP contribution in [0.4, 0.5) is 0 Å². The van der Waals surface area contributed by atoms with Crippen LogP contribution in [-0.2, 0) is 43.2 Å². The Balaban J connectivity index is 1.79. The number of amides is 3. The summed E-state index contributed by atoms with van der Waals surface area (Å²) in [5.74, 6) is -4.87. The van der Waals surface area contributed by atoms with Gasteiger partial charge in [0, 0.05) is 19.3 Å². The van der Waals surface area contributed by atoms with E-state index in [1.807, 2.05) is 18.2 Å². The Bertz CT molecular complexity index is 1420. The van der Waals surface area contributed by atoms with E-state index in [1.165, 1.54) is 12.1 Å². The number of phenolic OH excluding ortho intramolecular Hbond substituents is 1. The highest BCUT2D eigenvalue weighted by molar-refractivity contribution is 5.94. The van der Waals surface area contributed by atoms with Gasteiger partial charge in [-0.25, -0.2) is 4.79 Å². The Hall–Kier alpha value is -5.23. The van der Waals surface area contributed by atoms with Crippen molar-refractivity contribution in [3.05, 3.63) is 102 Å². The number of rotatable bonds is 16. The Morgan fingerprint density at radius 1 is 0.591 bits per heavy atom. The Kier molecular flexibility index (Phi) is 12.4. The van der Waals surface area contributed by atoms with Crippen molar-refractivity contribution in [2.24, 2.45) is 5.73 Å². The SMILES string of the molecule is NC(Cc1ccccc1)C(=O)NC(Cc1ccc(O)cc1)C(=O)NC(CCC(=O)O)C(=O)NC(Cc1ccccc1)C(=O)O. The van der Waals surface area contributed by atoms with Crippen LogP contribution in [0.1, 0.15) is 29.5 Å². The molecule has 3 amide bonds. The van der Waals surface area contributed by atoms with Crippen molar-refractivity contribution in [2.45, 2.75) is 56.3 Å². The number of hydrogen-bond donors (Lipinski definition) is 7. The fourth-order valence-electron chi connectivity index (χ4n) is 4.45. The van der Waals surface area contributed by atoms with Crippen molar-refractivity contribution >= 4 is 29.7 Å². The third-order valence-corrected chi connectivity index (χ3v) is 6.82. The molecular weight excluding hydrogens is 568 g/mol. The molecule has 3 aromatic carbocycles. The first-order valence-electron chi connectivity index (χ1n) is 14.0. The number of carboxylic acid groups (broad SMARTS) is 2. The smallest absolute Gasteiger partial charge is 0.326 e. The van der Waals surface area contributed by atoms with Gasteiger partial charge in [0.15, 0.2) is 0 Å². The van der Waals surface area contributed by atoms with Crippen LogP contribution in [0.25, 0.3) is 0 Å². The summed E-state index contributed by atoms with van der Waals surface area (Å²) in [5, 5.41) is 36.1. The summed E-state index contributed by atoms with van der Waals surface area (Å²) in [4.78, 5) is 63.1. The summed E-state index contributed by atoms with van der Waals surface area (Å²) in [6.45, 7) is 0. The Labute approximate surface area is 254 Å². The van der Waals surface area contributed by atoms with E-state index in [4.69, 9.17) is 5.73 Å². The third-order valence-electron chi connectivity index (χ3n) is 6.82. The molecule has 0 aromatic heterocycles. The Morgan fingerprint density at radius 3 is 1.59 bits per heavy atom. The number of benzene rings is 3. The van der Waals surface area contributed by atoms with E-state index in [2.05, 4.69) is 16.0 Å². The van der Waals surface area contributed by atoms with Crippen LogP contribution in [0.3, 0.4) is 0 Å². The lowest BCUT2D eigenvalue weighted by Gasteiger charge is -2.25. The van der Waals surface area contributed by atoms with Crippen LogP contribution in [-0.4, -0.2) is 69.1 Å². The van der Waals surface area contributed by atoms with Gasteiger partial charge in [0.05, 0.1) is 6.04 Å². The molecule has 0 fully saturated rings. The number of hydrogen-bond acceptors (Lipinski definition) is 7. The van der Waals surface area contributed by atoms with E-state index in [9.17, 15) is 39.3 Å². The second-order valence-corrected chi connectivity index (χ2v) is 10.3. The molecule has 232 valence electrons. The maximum absolute atomic E-state index is 13.5. The summed E-state index contributed by atoms with van der Waals surface area (Å²) in [6.07, 6.45) is -0.721. The van der Waals surface area contributed by atoms with Crippen LogP contribution in [0.2, 0.25) is 0 Å². The quantitative estimate of drug-likeness (QED) is 0.125. The first kappa shape index (κ1) is 33.3. The van der Waals surface area contributed by atoms with E-state index in [1.54, 1.807) is 54.6 Å². The maximum Gasteiger partial charge on any atom is 0.326 e. The molecule has 3 aromatic rings. The first-order chi connectivity index (χ1) is 21.0.